The van der Waals surface area contributed by atoms with Crippen LogP contribution >= 0.6 is 45.6 Å². The Hall–Kier alpha value is -0.0200. The van der Waals surface area contributed by atoms with E-state index in [1.165, 1.54) is 6.07 Å². The summed E-state index contributed by atoms with van der Waals surface area (Å²) < 4.78 is 63.0. The highest BCUT2D eigenvalue weighted by Crippen LogP contribution is 2.38. The van der Waals surface area contributed by atoms with E-state index in [1.807, 2.05) is 0 Å². The standard InChI is InChI=1S/C9H6Cl3F3O3S2/c10-7-5(18-3-4-19-9(13,14)15)1-2-6(8(7)11)20(12,16)17/h1-2H,3-4H2. The lowest BCUT2D eigenvalue weighted by atomic mass is 10.3. The number of hydrogen-bond acceptors (Lipinski definition) is 4. The first-order valence-electron chi connectivity index (χ1n) is 4.78. The lowest BCUT2D eigenvalue weighted by molar-refractivity contribution is -0.0329. The molecule has 11 heteroatoms. The molecule has 0 amide bonds. The molecular formula is C9H6Cl3F3O3S2. The average Bonchev–Trinajstić information content (AvgIpc) is 2.26. The summed E-state index contributed by atoms with van der Waals surface area (Å²) in [5, 5.41) is -0.576. The molecule has 0 saturated heterocycles. The van der Waals surface area contributed by atoms with Crippen LogP contribution in [0.25, 0.3) is 0 Å². The number of halogens is 6. The zero-order valence-corrected chi connectivity index (χ0v) is 13.3. The Bertz CT molecular complexity index is 590. The molecular weight excluding hydrogens is 384 g/mol. The van der Waals surface area contributed by atoms with Crippen LogP contribution in [0.3, 0.4) is 0 Å². The first-order chi connectivity index (χ1) is 9.02. The van der Waals surface area contributed by atoms with Crippen molar-refractivity contribution >= 4 is 54.7 Å². The van der Waals surface area contributed by atoms with E-state index < -0.39 is 19.5 Å². The van der Waals surface area contributed by atoms with E-state index in [9.17, 15) is 21.6 Å². The molecule has 1 aromatic rings. The van der Waals surface area contributed by atoms with Crippen LogP contribution in [0, 0.1) is 0 Å². The predicted molar refractivity (Wildman–Crippen MR) is 73.5 cm³/mol. The Labute approximate surface area is 131 Å². The van der Waals surface area contributed by atoms with Crippen LogP contribution in [0.2, 0.25) is 10.0 Å². The number of alkyl halides is 3. The summed E-state index contributed by atoms with van der Waals surface area (Å²) in [6.07, 6.45) is 0. The maximum atomic E-state index is 11.9. The van der Waals surface area contributed by atoms with E-state index in [4.69, 9.17) is 38.6 Å². The summed E-state index contributed by atoms with van der Waals surface area (Å²) in [7, 11) is 1.06. The fourth-order valence-electron chi connectivity index (χ4n) is 1.12. The largest absolute Gasteiger partial charge is 0.491 e. The normalized spacial score (nSPS) is 12.5. The van der Waals surface area contributed by atoms with Crippen molar-refractivity contribution in [3.05, 3.63) is 22.2 Å². The second-order valence-electron chi connectivity index (χ2n) is 3.27. The van der Waals surface area contributed by atoms with Crippen molar-refractivity contribution in [2.75, 3.05) is 12.4 Å². The number of benzene rings is 1. The van der Waals surface area contributed by atoms with E-state index in [-0.39, 0.29) is 39.9 Å². The first-order valence-corrected chi connectivity index (χ1v) is 8.83. The van der Waals surface area contributed by atoms with Crippen LogP contribution in [-0.4, -0.2) is 26.3 Å². The lowest BCUT2D eigenvalue weighted by Crippen LogP contribution is -2.08. The molecule has 3 nitrogen and oxygen atoms in total. The minimum atomic E-state index is -4.35. The monoisotopic (exact) mass is 388 g/mol. The maximum absolute atomic E-state index is 11.9. The van der Waals surface area contributed by atoms with Crippen LogP contribution in [0.4, 0.5) is 13.2 Å². The third-order valence-corrected chi connectivity index (χ3v) is 4.92. The van der Waals surface area contributed by atoms with Gasteiger partial charge in [-0.15, -0.1) is 0 Å². The van der Waals surface area contributed by atoms with Gasteiger partial charge in [0.2, 0.25) is 0 Å². The molecule has 0 radical (unpaired) electrons. The third kappa shape index (κ3) is 5.40. The Morgan fingerprint density at radius 1 is 1.20 bits per heavy atom. The molecule has 1 aromatic carbocycles. The van der Waals surface area contributed by atoms with E-state index >= 15 is 0 Å². The molecule has 0 aliphatic carbocycles. The maximum Gasteiger partial charge on any atom is 0.441 e. The quantitative estimate of drug-likeness (QED) is 0.547. The van der Waals surface area contributed by atoms with Gasteiger partial charge in [0.05, 0.1) is 11.6 Å². The Balaban J connectivity index is 2.77. The Morgan fingerprint density at radius 2 is 1.80 bits per heavy atom. The van der Waals surface area contributed by atoms with Crippen molar-refractivity contribution in [2.45, 2.75) is 10.4 Å². The number of hydrogen-bond donors (Lipinski definition) is 0. The van der Waals surface area contributed by atoms with Gasteiger partial charge >= 0.3 is 5.51 Å². The zero-order valence-electron chi connectivity index (χ0n) is 9.38. The molecule has 20 heavy (non-hydrogen) atoms. The fraction of sp³-hybridized carbons (Fsp3) is 0.333. The highest BCUT2D eigenvalue weighted by atomic mass is 35.7. The molecule has 114 valence electrons. The number of thioether (sulfide) groups is 1. The van der Waals surface area contributed by atoms with Gasteiger partial charge in [-0.05, 0) is 23.9 Å². The van der Waals surface area contributed by atoms with Gasteiger partial charge in [0.15, 0.2) is 0 Å². The second kappa shape index (κ2) is 6.83. The summed E-state index contributed by atoms with van der Waals surface area (Å²) in [6, 6.07) is 2.23. The number of rotatable bonds is 5. The van der Waals surface area contributed by atoms with E-state index in [0.29, 0.717) is 0 Å². The van der Waals surface area contributed by atoms with Gasteiger partial charge in [0, 0.05) is 16.4 Å². The molecule has 0 aliphatic rings. The van der Waals surface area contributed by atoms with Crippen molar-refractivity contribution in [3.8, 4) is 5.75 Å². The third-order valence-electron chi connectivity index (χ3n) is 1.88. The van der Waals surface area contributed by atoms with Gasteiger partial charge in [-0.1, -0.05) is 23.2 Å². The molecule has 0 aromatic heterocycles. The molecule has 0 bridgehead atoms. The Kier molecular flexibility index (Phi) is 6.15. The molecule has 0 aliphatic heterocycles. The minimum Gasteiger partial charge on any atom is -0.491 e. The molecule has 0 atom stereocenters. The van der Waals surface area contributed by atoms with Gasteiger partial charge in [-0.3, -0.25) is 0 Å². The van der Waals surface area contributed by atoms with Crippen molar-refractivity contribution in [1.82, 2.24) is 0 Å². The highest BCUT2D eigenvalue weighted by molar-refractivity contribution is 8.13. The predicted octanol–water partition coefficient (Wildman–Crippen LogP) is 4.55. The van der Waals surface area contributed by atoms with Crippen LogP contribution in [0.5, 0.6) is 5.75 Å². The zero-order chi connectivity index (χ0) is 15.6. The Morgan fingerprint density at radius 3 is 2.30 bits per heavy atom. The molecule has 0 N–H and O–H groups in total. The van der Waals surface area contributed by atoms with Gasteiger partial charge in [0.25, 0.3) is 9.05 Å². The van der Waals surface area contributed by atoms with E-state index in [1.54, 1.807) is 0 Å². The van der Waals surface area contributed by atoms with Crippen molar-refractivity contribution in [3.63, 3.8) is 0 Å². The molecule has 0 spiro atoms. The summed E-state index contributed by atoms with van der Waals surface area (Å²) in [6.45, 7) is -0.271. The SMILES string of the molecule is O=S(=O)(Cl)c1ccc(OCCSC(F)(F)F)c(Cl)c1Cl. The smallest absolute Gasteiger partial charge is 0.441 e. The summed E-state index contributed by atoms with van der Waals surface area (Å²) in [4.78, 5) is -0.400. The molecule has 0 unspecified atom stereocenters. The van der Waals surface area contributed by atoms with E-state index in [0.717, 1.165) is 6.07 Å². The topological polar surface area (TPSA) is 43.4 Å². The van der Waals surface area contributed by atoms with Gasteiger partial charge < -0.3 is 4.74 Å². The van der Waals surface area contributed by atoms with Gasteiger partial charge in [-0.25, -0.2) is 8.42 Å². The van der Waals surface area contributed by atoms with Crippen molar-refractivity contribution in [1.29, 1.82) is 0 Å². The highest BCUT2D eigenvalue weighted by Gasteiger charge is 2.27. The summed E-state index contributed by atoms with van der Waals surface area (Å²) in [5.41, 5.74) is -4.35. The first kappa shape index (κ1) is 18.0. The number of ether oxygens (including phenoxy) is 1. The fourth-order valence-corrected chi connectivity index (χ4v) is 3.31. The van der Waals surface area contributed by atoms with Crippen molar-refractivity contribution < 1.29 is 26.3 Å². The molecule has 0 saturated carbocycles. The molecule has 1 rings (SSSR count). The van der Waals surface area contributed by atoms with Crippen LogP contribution < -0.4 is 4.74 Å². The van der Waals surface area contributed by atoms with Crippen LogP contribution in [-0.2, 0) is 9.05 Å². The second-order valence-corrected chi connectivity index (χ2v) is 7.72. The molecule has 0 fully saturated rings. The summed E-state index contributed by atoms with van der Waals surface area (Å²) >= 11 is 11.2. The summed E-state index contributed by atoms with van der Waals surface area (Å²) in [5.74, 6) is -0.365. The lowest BCUT2D eigenvalue weighted by Gasteiger charge is -2.11. The van der Waals surface area contributed by atoms with E-state index in [2.05, 4.69) is 0 Å². The minimum absolute atomic E-state index is 0.0245. The van der Waals surface area contributed by atoms with Gasteiger partial charge in [-0.2, -0.15) is 13.2 Å². The van der Waals surface area contributed by atoms with Crippen LogP contribution in [0.15, 0.2) is 17.0 Å². The average molecular weight is 390 g/mol. The molecule has 0 heterocycles. The van der Waals surface area contributed by atoms with Gasteiger partial charge in [0.1, 0.15) is 15.7 Å². The van der Waals surface area contributed by atoms with Crippen molar-refractivity contribution in [2.24, 2.45) is 0 Å². The van der Waals surface area contributed by atoms with Crippen LogP contribution in [0.1, 0.15) is 0 Å².